The number of piperazine rings is 1. The molecule has 0 spiro atoms. The van der Waals surface area contributed by atoms with Crippen LogP contribution in [0.4, 0.5) is 11.6 Å². The summed E-state index contributed by atoms with van der Waals surface area (Å²) in [7, 11) is 0. The number of hydrogen-bond donors (Lipinski definition) is 0. The van der Waals surface area contributed by atoms with E-state index in [2.05, 4.69) is 15.0 Å². The monoisotopic (exact) mass is 316 g/mol. The van der Waals surface area contributed by atoms with Gasteiger partial charge in [0.05, 0.1) is 0 Å². The molecular formula is C14H16N6O3. The van der Waals surface area contributed by atoms with Gasteiger partial charge in [-0.1, -0.05) is 23.2 Å². The van der Waals surface area contributed by atoms with Crippen molar-refractivity contribution in [3.8, 4) is 0 Å². The molecule has 2 heterocycles. The summed E-state index contributed by atoms with van der Waals surface area (Å²) < 4.78 is 1.20. The van der Waals surface area contributed by atoms with Crippen LogP contribution in [0.1, 0.15) is 0 Å². The van der Waals surface area contributed by atoms with Crippen molar-refractivity contribution in [3.05, 3.63) is 46.8 Å². The van der Waals surface area contributed by atoms with Crippen LogP contribution in [0.5, 0.6) is 0 Å². The normalized spacial score (nSPS) is 14.8. The number of nitrogens with zero attached hydrogens (tertiary/aromatic N) is 6. The highest BCUT2D eigenvalue weighted by atomic mass is 16.6. The molecule has 1 aliphatic rings. The zero-order chi connectivity index (χ0) is 16.2. The second-order valence-electron chi connectivity index (χ2n) is 5.20. The standard InChI is InChI=1S/C14H16N6O3/c21-13(10-19-11-15-14(16-19)20(22)23)18-8-6-17(7-9-18)12-4-2-1-3-5-12/h1-5,11H,6-10H2. The molecule has 1 aromatic heterocycles. The molecule has 3 rings (SSSR count). The predicted octanol–water partition coefficient (Wildman–Crippen LogP) is 0.535. The van der Waals surface area contributed by atoms with Crippen molar-refractivity contribution < 1.29 is 9.72 Å². The molecule has 1 aromatic carbocycles. The van der Waals surface area contributed by atoms with Crippen molar-refractivity contribution in [1.82, 2.24) is 19.7 Å². The topological polar surface area (TPSA) is 97.4 Å². The molecule has 1 amide bonds. The first-order chi connectivity index (χ1) is 11.1. The predicted molar refractivity (Wildman–Crippen MR) is 81.9 cm³/mol. The lowest BCUT2D eigenvalue weighted by atomic mass is 10.2. The summed E-state index contributed by atoms with van der Waals surface area (Å²) in [4.78, 5) is 29.6. The zero-order valence-electron chi connectivity index (χ0n) is 12.4. The fourth-order valence-corrected chi connectivity index (χ4v) is 2.54. The van der Waals surface area contributed by atoms with Crippen molar-refractivity contribution in [3.63, 3.8) is 0 Å². The lowest BCUT2D eigenvalue weighted by Gasteiger charge is -2.36. The number of benzene rings is 1. The third kappa shape index (κ3) is 3.44. The van der Waals surface area contributed by atoms with Crippen LogP contribution >= 0.6 is 0 Å². The highest BCUT2D eigenvalue weighted by molar-refractivity contribution is 5.76. The summed E-state index contributed by atoms with van der Waals surface area (Å²) in [6.45, 7) is 2.71. The lowest BCUT2D eigenvalue weighted by Crippen LogP contribution is -2.49. The van der Waals surface area contributed by atoms with Crippen molar-refractivity contribution in [2.24, 2.45) is 0 Å². The van der Waals surface area contributed by atoms with Gasteiger partial charge in [0.2, 0.25) is 12.2 Å². The molecule has 120 valence electrons. The Labute approximate surface area is 132 Å². The van der Waals surface area contributed by atoms with Gasteiger partial charge in [0, 0.05) is 37.0 Å². The number of rotatable bonds is 4. The zero-order valence-corrected chi connectivity index (χ0v) is 12.4. The molecule has 0 atom stereocenters. The van der Waals surface area contributed by atoms with Crippen LogP contribution in [-0.2, 0) is 11.3 Å². The molecule has 1 saturated heterocycles. The van der Waals surface area contributed by atoms with Gasteiger partial charge < -0.3 is 19.9 Å². The van der Waals surface area contributed by atoms with E-state index in [9.17, 15) is 14.9 Å². The molecule has 9 nitrogen and oxygen atoms in total. The number of aromatic nitrogens is 3. The maximum atomic E-state index is 12.2. The van der Waals surface area contributed by atoms with Crippen molar-refractivity contribution in [2.45, 2.75) is 6.54 Å². The highest BCUT2D eigenvalue weighted by Gasteiger charge is 2.23. The van der Waals surface area contributed by atoms with E-state index in [4.69, 9.17) is 0 Å². The van der Waals surface area contributed by atoms with Crippen LogP contribution in [0.15, 0.2) is 36.7 Å². The Bertz CT molecular complexity index is 694. The van der Waals surface area contributed by atoms with Crippen LogP contribution in [-0.4, -0.2) is 56.7 Å². The molecule has 9 heteroatoms. The van der Waals surface area contributed by atoms with Gasteiger partial charge in [0.15, 0.2) is 0 Å². The van der Waals surface area contributed by atoms with Gasteiger partial charge in [-0.05, 0) is 17.1 Å². The van der Waals surface area contributed by atoms with Gasteiger partial charge in [-0.3, -0.25) is 4.79 Å². The third-order valence-electron chi connectivity index (χ3n) is 3.74. The number of carbonyl (C=O) groups is 1. The number of anilines is 1. The second kappa shape index (κ2) is 6.42. The first-order valence-electron chi connectivity index (χ1n) is 7.25. The van der Waals surface area contributed by atoms with E-state index in [0.717, 1.165) is 18.8 Å². The summed E-state index contributed by atoms with van der Waals surface area (Å²) in [5.41, 5.74) is 1.14. The Kier molecular flexibility index (Phi) is 4.18. The summed E-state index contributed by atoms with van der Waals surface area (Å²) >= 11 is 0. The van der Waals surface area contributed by atoms with E-state index < -0.39 is 10.9 Å². The molecule has 0 radical (unpaired) electrons. The van der Waals surface area contributed by atoms with Gasteiger partial charge in [-0.2, -0.15) is 4.68 Å². The van der Waals surface area contributed by atoms with E-state index in [-0.39, 0.29) is 12.5 Å². The first-order valence-corrected chi connectivity index (χ1v) is 7.25. The van der Waals surface area contributed by atoms with Gasteiger partial charge >= 0.3 is 5.95 Å². The molecule has 0 aliphatic carbocycles. The highest BCUT2D eigenvalue weighted by Crippen LogP contribution is 2.15. The van der Waals surface area contributed by atoms with Crippen LogP contribution in [0.2, 0.25) is 0 Å². The SMILES string of the molecule is O=C(Cn1cnc([N+](=O)[O-])n1)N1CCN(c2ccccc2)CC1. The minimum absolute atomic E-state index is 0.0355. The third-order valence-corrected chi connectivity index (χ3v) is 3.74. The minimum Gasteiger partial charge on any atom is -0.390 e. The van der Waals surface area contributed by atoms with Crippen LogP contribution in [0, 0.1) is 10.1 Å². The van der Waals surface area contributed by atoms with Crippen LogP contribution < -0.4 is 4.90 Å². The fourth-order valence-electron chi connectivity index (χ4n) is 2.54. The average Bonchev–Trinajstić information content (AvgIpc) is 3.04. The second-order valence-corrected chi connectivity index (χ2v) is 5.20. The van der Waals surface area contributed by atoms with Gasteiger partial charge in [-0.25, -0.2) is 0 Å². The Hall–Kier alpha value is -2.97. The average molecular weight is 316 g/mol. The molecule has 0 bridgehead atoms. The maximum absolute atomic E-state index is 12.2. The minimum atomic E-state index is -0.681. The Morgan fingerprint density at radius 2 is 1.87 bits per heavy atom. The Morgan fingerprint density at radius 1 is 1.17 bits per heavy atom. The molecule has 23 heavy (non-hydrogen) atoms. The van der Waals surface area contributed by atoms with Crippen molar-refractivity contribution in [1.29, 1.82) is 0 Å². The molecule has 0 N–H and O–H groups in total. The molecule has 0 unspecified atom stereocenters. The number of amides is 1. The summed E-state index contributed by atoms with van der Waals surface area (Å²) in [5.74, 6) is -0.607. The molecule has 2 aromatic rings. The van der Waals surface area contributed by atoms with Crippen LogP contribution in [0.25, 0.3) is 0 Å². The number of hydrogen-bond acceptors (Lipinski definition) is 6. The summed E-state index contributed by atoms with van der Waals surface area (Å²) in [5, 5.41) is 14.2. The molecular weight excluding hydrogens is 300 g/mol. The van der Waals surface area contributed by atoms with Gasteiger partial charge in [0.25, 0.3) is 0 Å². The first kappa shape index (κ1) is 14.9. The maximum Gasteiger partial charge on any atom is 0.490 e. The summed E-state index contributed by atoms with van der Waals surface area (Å²) in [6, 6.07) is 10.0. The number of nitro groups is 1. The lowest BCUT2D eigenvalue weighted by molar-refractivity contribution is -0.394. The Balaban J connectivity index is 1.54. The van der Waals surface area contributed by atoms with Gasteiger partial charge in [0.1, 0.15) is 6.54 Å². The largest absolute Gasteiger partial charge is 0.490 e. The molecule has 0 saturated carbocycles. The number of carbonyl (C=O) groups excluding carboxylic acids is 1. The van der Waals surface area contributed by atoms with Crippen molar-refractivity contribution in [2.75, 3.05) is 31.1 Å². The smallest absolute Gasteiger partial charge is 0.390 e. The van der Waals surface area contributed by atoms with Crippen molar-refractivity contribution >= 4 is 17.5 Å². The van der Waals surface area contributed by atoms with Gasteiger partial charge in [-0.15, -0.1) is 0 Å². The molecule has 1 fully saturated rings. The number of para-hydroxylation sites is 1. The van der Waals surface area contributed by atoms with E-state index >= 15 is 0 Å². The van der Waals surface area contributed by atoms with E-state index in [1.165, 1.54) is 11.0 Å². The van der Waals surface area contributed by atoms with E-state index in [1.54, 1.807) is 4.90 Å². The van der Waals surface area contributed by atoms with E-state index in [1.807, 2.05) is 30.3 Å². The van der Waals surface area contributed by atoms with E-state index in [0.29, 0.717) is 13.1 Å². The molecule has 1 aliphatic heterocycles. The quantitative estimate of drug-likeness (QED) is 0.603. The van der Waals surface area contributed by atoms with Crippen LogP contribution in [0.3, 0.4) is 0 Å². The summed E-state index contributed by atoms with van der Waals surface area (Å²) in [6.07, 6.45) is 1.20. The fraction of sp³-hybridized carbons (Fsp3) is 0.357. The Morgan fingerprint density at radius 3 is 2.48 bits per heavy atom.